The summed E-state index contributed by atoms with van der Waals surface area (Å²) in [5.41, 5.74) is 5.42. The van der Waals surface area contributed by atoms with Gasteiger partial charge in [-0.15, -0.1) is 5.10 Å². The van der Waals surface area contributed by atoms with Crippen LogP contribution in [0.25, 0.3) is 0 Å². The van der Waals surface area contributed by atoms with Crippen LogP contribution in [-0.2, 0) is 6.54 Å². The number of nitrogens with zero attached hydrogens (tertiary/aromatic N) is 3. The molecule has 0 saturated heterocycles. The van der Waals surface area contributed by atoms with Crippen LogP contribution in [-0.4, -0.2) is 14.8 Å². The molecule has 4 heteroatoms. The third-order valence-electron chi connectivity index (χ3n) is 2.54. The Kier molecular flexibility index (Phi) is 5.81. The number of unbranched alkanes of at least 4 members (excludes halogenated alkanes) is 6. The van der Waals surface area contributed by atoms with E-state index in [1.807, 2.05) is 4.68 Å². The molecule has 15 heavy (non-hydrogen) atoms. The van der Waals surface area contributed by atoms with Crippen molar-refractivity contribution in [2.75, 3.05) is 5.73 Å². The lowest BCUT2D eigenvalue weighted by molar-refractivity contribution is 0.523. The molecule has 0 atom stereocenters. The van der Waals surface area contributed by atoms with E-state index in [9.17, 15) is 0 Å². The Morgan fingerprint density at radius 3 is 2.40 bits per heavy atom. The molecule has 0 aliphatic carbocycles. The summed E-state index contributed by atoms with van der Waals surface area (Å²) in [6, 6.07) is 0. The minimum Gasteiger partial charge on any atom is -0.367 e. The van der Waals surface area contributed by atoms with Gasteiger partial charge >= 0.3 is 0 Å². The van der Waals surface area contributed by atoms with Crippen molar-refractivity contribution in [3.63, 3.8) is 0 Å². The summed E-state index contributed by atoms with van der Waals surface area (Å²) in [5, 5.41) is 4.04. The van der Waals surface area contributed by atoms with E-state index in [4.69, 9.17) is 5.73 Å². The van der Waals surface area contributed by atoms with Gasteiger partial charge in [0.05, 0.1) is 0 Å². The van der Waals surface area contributed by atoms with Gasteiger partial charge in [0, 0.05) is 6.54 Å². The standard InChI is InChI=1S/C11H22N4/c1-2-3-4-5-6-7-8-9-15-10-13-11(12)14-15/h10H,2-9H2,1H3,(H2,12,14). The van der Waals surface area contributed by atoms with E-state index < -0.39 is 0 Å². The van der Waals surface area contributed by atoms with E-state index in [1.54, 1.807) is 6.33 Å². The second-order valence-corrected chi connectivity index (χ2v) is 3.99. The van der Waals surface area contributed by atoms with Crippen LogP contribution >= 0.6 is 0 Å². The van der Waals surface area contributed by atoms with Crippen LogP contribution in [0.15, 0.2) is 6.33 Å². The number of aryl methyl sites for hydroxylation is 1. The lowest BCUT2D eigenvalue weighted by atomic mass is 10.1. The molecular formula is C11H22N4. The quantitative estimate of drug-likeness (QED) is 0.671. The minimum atomic E-state index is 0.373. The Hall–Kier alpha value is -1.06. The summed E-state index contributed by atoms with van der Waals surface area (Å²) in [7, 11) is 0. The molecule has 86 valence electrons. The normalized spacial score (nSPS) is 10.7. The largest absolute Gasteiger partial charge is 0.367 e. The molecule has 2 N–H and O–H groups in total. The third-order valence-corrected chi connectivity index (χ3v) is 2.54. The molecule has 1 heterocycles. The van der Waals surface area contributed by atoms with Crippen molar-refractivity contribution >= 4 is 5.95 Å². The van der Waals surface area contributed by atoms with Crippen LogP contribution in [0.4, 0.5) is 5.95 Å². The molecular weight excluding hydrogens is 188 g/mol. The fraction of sp³-hybridized carbons (Fsp3) is 0.818. The van der Waals surface area contributed by atoms with Crippen LogP contribution in [0.2, 0.25) is 0 Å². The third kappa shape index (κ3) is 5.40. The molecule has 1 rings (SSSR count). The molecule has 1 aromatic rings. The first-order valence-electron chi connectivity index (χ1n) is 5.98. The van der Waals surface area contributed by atoms with E-state index in [0.29, 0.717) is 5.95 Å². The Morgan fingerprint density at radius 2 is 1.80 bits per heavy atom. The molecule has 1 aromatic heterocycles. The molecule has 0 aliphatic rings. The molecule has 0 saturated carbocycles. The van der Waals surface area contributed by atoms with Crippen LogP contribution in [0.5, 0.6) is 0 Å². The number of hydrogen-bond acceptors (Lipinski definition) is 3. The van der Waals surface area contributed by atoms with E-state index in [1.165, 1.54) is 44.9 Å². The second-order valence-electron chi connectivity index (χ2n) is 3.99. The number of rotatable bonds is 8. The van der Waals surface area contributed by atoms with Gasteiger partial charge in [-0.2, -0.15) is 0 Å². The first-order chi connectivity index (χ1) is 7.33. The highest BCUT2D eigenvalue weighted by molar-refractivity contribution is 5.08. The number of hydrogen-bond donors (Lipinski definition) is 1. The van der Waals surface area contributed by atoms with Crippen molar-refractivity contribution in [3.05, 3.63) is 6.33 Å². The highest BCUT2D eigenvalue weighted by atomic mass is 15.3. The summed E-state index contributed by atoms with van der Waals surface area (Å²) in [5.74, 6) is 0.373. The fourth-order valence-electron chi connectivity index (χ4n) is 1.65. The van der Waals surface area contributed by atoms with Gasteiger partial charge in [0.15, 0.2) is 0 Å². The van der Waals surface area contributed by atoms with Gasteiger partial charge < -0.3 is 5.73 Å². The summed E-state index contributed by atoms with van der Waals surface area (Å²) < 4.78 is 1.82. The molecule has 0 fully saturated rings. The van der Waals surface area contributed by atoms with Crippen molar-refractivity contribution < 1.29 is 0 Å². The fourth-order valence-corrected chi connectivity index (χ4v) is 1.65. The summed E-state index contributed by atoms with van der Waals surface area (Å²) in [4.78, 5) is 3.89. The van der Waals surface area contributed by atoms with E-state index in [0.717, 1.165) is 6.54 Å². The maximum absolute atomic E-state index is 5.42. The van der Waals surface area contributed by atoms with Crippen LogP contribution in [0.1, 0.15) is 51.9 Å². The van der Waals surface area contributed by atoms with Crippen molar-refractivity contribution in [1.29, 1.82) is 0 Å². The van der Waals surface area contributed by atoms with E-state index in [2.05, 4.69) is 17.0 Å². The predicted molar refractivity (Wildman–Crippen MR) is 62.4 cm³/mol. The number of anilines is 1. The molecule has 0 spiro atoms. The van der Waals surface area contributed by atoms with Gasteiger partial charge in [0.2, 0.25) is 5.95 Å². The summed E-state index contributed by atoms with van der Waals surface area (Å²) in [6.07, 6.45) is 10.9. The average molecular weight is 210 g/mol. The van der Waals surface area contributed by atoms with Gasteiger partial charge in [-0.3, -0.25) is 4.68 Å². The first-order valence-corrected chi connectivity index (χ1v) is 5.98. The average Bonchev–Trinajstić information content (AvgIpc) is 2.63. The minimum absolute atomic E-state index is 0.373. The smallest absolute Gasteiger partial charge is 0.239 e. The van der Waals surface area contributed by atoms with Crippen LogP contribution < -0.4 is 5.73 Å². The maximum Gasteiger partial charge on any atom is 0.239 e. The van der Waals surface area contributed by atoms with E-state index in [-0.39, 0.29) is 0 Å². The number of nitrogen functional groups attached to an aromatic ring is 1. The molecule has 0 radical (unpaired) electrons. The first kappa shape index (κ1) is 12.0. The molecule has 0 aliphatic heterocycles. The molecule has 0 unspecified atom stereocenters. The monoisotopic (exact) mass is 210 g/mol. The SMILES string of the molecule is CCCCCCCCCn1cnc(N)n1. The maximum atomic E-state index is 5.42. The van der Waals surface area contributed by atoms with Crippen LogP contribution in [0, 0.1) is 0 Å². The molecule has 0 bridgehead atoms. The Bertz CT molecular complexity index is 257. The van der Waals surface area contributed by atoms with Gasteiger partial charge in [-0.05, 0) is 6.42 Å². The number of nitrogens with two attached hydrogens (primary N) is 1. The zero-order chi connectivity index (χ0) is 10.9. The highest BCUT2D eigenvalue weighted by Gasteiger charge is 1.95. The Labute approximate surface area is 91.9 Å². The van der Waals surface area contributed by atoms with Crippen molar-refractivity contribution in [3.8, 4) is 0 Å². The molecule has 0 aromatic carbocycles. The van der Waals surface area contributed by atoms with Gasteiger partial charge in [0.1, 0.15) is 6.33 Å². The van der Waals surface area contributed by atoms with Crippen molar-refractivity contribution in [2.45, 2.75) is 58.4 Å². The van der Waals surface area contributed by atoms with Crippen LogP contribution in [0.3, 0.4) is 0 Å². The number of aromatic nitrogens is 3. The van der Waals surface area contributed by atoms with Gasteiger partial charge in [0.25, 0.3) is 0 Å². The highest BCUT2D eigenvalue weighted by Crippen LogP contribution is 2.07. The predicted octanol–water partition coefficient (Wildman–Crippen LogP) is 2.61. The topological polar surface area (TPSA) is 56.7 Å². The Balaban J connectivity index is 1.93. The van der Waals surface area contributed by atoms with Crippen molar-refractivity contribution in [1.82, 2.24) is 14.8 Å². The Morgan fingerprint density at radius 1 is 1.13 bits per heavy atom. The summed E-state index contributed by atoms with van der Waals surface area (Å²) in [6.45, 7) is 3.19. The van der Waals surface area contributed by atoms with Gasteiger partial charge in [-0.1, -0.05) is 45.4 Å². The lowest BCUT2D eigenvalue weighted by Gasteiger charge is -2.01. The summed E-state index contributed by atoms with van der Waals surface area (Å²) >= 11 is 0. The zero-order valence-electron chi connectivity index (χ0n) is 9.65. The molecule has 0 amide bonds. The second kappa shape index (κ2) is 7.26. The molecule has 4 nitrogen and oxygen atoms in total. The zero-order valence-corrected chi connectivity index (χ0v) is 9.65. The van der Waals surface area contributed by atoms with Crippen molar-refractivity contribution in [2.24, 2.45) is 0 Å². The van der Waals surface area contributed by atoms with Gasteiger partial charge in [-0.25, -0.2) is 4.98 Å². The van der Waals surface area contributed by atoms with E-state index >= 15 is 0 Å². The lowest BCUT2D eigenvalue weighted by Crippen LogP contribution is -1.99.